The van der Waals surface area contributed by atoms with Crippen molar-refractivity contribution in [3.05, 3.63) is 85.5 Å². The molecule has 0 radical (unpaired) electrons. The molecule has 1 aliphatic heterocycles. The van der Waals surface area contributed by atoms with Crippen LogP contribution in [0.25, 0.3) is 16.8 Å². The lowest BCUT2D eigenvalue weighted by atomic mass is 10.2. The van der Waals surface area contributed by atoms with E-state index in [2.05, 4.69) is 25.5 Å². The number of anilines is 2. The Morgan fingerprint density at radius 3 is 2.53 bits per heavy atom. The fourth-order valence-electron chi connectivity index (χ4n) is 4.51. The van der Waals surface area contributed by atoms with Gasteiger partial charge in [0.15, 0.2) is 5.75 Å². The molecule has 14 heteroatoms. The predicted octanol–water partition coefficient (Wildman–Crippen LogP) is 4.41. The molecule has 5 heterocycles. The highest BCUT2D eigenvalue weighted by Gasteiger charge is 2.50. The third-order valence-corrected chi connectivity index (χ3v) is 6.59. The number of carbonyl (C=O) groups excluding carboxylic acids is 3. The van der Waals surface area contributed by atoms with E-state index in [1.807, 2.05) is 36.1 Å². The standard InChI is InChI=1S/C29H24FN9O4/c1-17(2)39-29(42)38(20-6-4-19(30)5-7-20)28(41)26(35-39)27(40)34-25-9-8-21(13-31-25)43-24-12-18(22-15-36(3)16-32-22)14-37-23(24)10-11-33-37/h4-17,26H,1-3H3/p+1. The molecule has 0 saturated carbocycles. The van der Waals surface area contributed by atoms with Crippen LogP contribution in [-0.2, 0) is 16.6 Å². The second-order valence-corrected chi connectivity index (χ2v) is 10.0. The minimum Gasteiger partial charge on any atom is -0.453 e. The van der Waals surface area contributed by atoms with Crippen LogP contribution in [0.15, 0.2) is 84.8 Å². The minimum atomic E-state index is -1.58. The van der Waals surface area contributed by atoms with E-state index in [1.54, 1.807) is 37.0 Å². The van der Waals surface area contributed by atoms with Gasteiger partial charge in [-0.25, -0.2) is 23.7 Å². The van der Waals surface area contributed by atoms with Crippen molar-refractivity contribution >= 4 is 34.9 Å². The molecule has 0 fully saturated rings. The van der Waals surface area contributed by atoms with E-state index in [0.29, 0.717) is 11.5 Å². The van der Waals surface area contributed by atoms with Crippen molar-refractivity contribution in [2.45, 2.75) is 25.9 Å². The van der Waals surface area contributed by atoms with Gasteiger partial charge in [0.05, 0.1) is 24.4 Å². The predicted molar refractivity (Wildman–Crippen MR) is 151 cm³/mol. The van der Waals surface area contributed by atoms with Crippen LogP contribution >= 0.6 is 0 Å². The quantitative estimate of drug-likeness (QED) is 0.222. The van der Waals surface area contributed by atoms with E-state index >= 15 is 0 Å². The number of urea groups is 1. The highest BCUT2D eigenvalue weighted by atomic mass is 19.1. The number of aromatic nitrogens is 5. The Balaban J connectivity index is 1.22. The highest BCUT2D eigenvalue weighted by Crippen LogP contribution is 2.31. The maximum Gasteiger partial charge on any atom is 0.526 e. The summed E-state index contributed by atoms with van der Waals surface area (Å²) in [5.74, 6) is -1.15. The van der Waals surface area contributed by atoms with Crippen molar-refractivity contribution in [3.63, 3.8) is 0 Å². The maximum absolute atomic E-state index is 13.5. The number of nitrogens with zero attached hydrogens (tertiary/aromatic N) is 8. The first kappa shape index (κ1) is 27.4. The minimum absolute atomic E-state index is 0.119. The van der Waals surface area contributed by atoms with Gasteiger partial charge in [0.2, 0.25) is 0 Å². The fourth-order valence-corrected chi connectivity index (χ4v) is 4.51. The molecule has 1 aliphatic rings. The van der Waals surface area contributed by atoms with Crippen molar-refractivity contribution in [2.75, 3.05) is 10.2 Å². The van der Waals surface area contributed by atoms with Crippen LogP contribution in [0.4, 0.5) is 20.7 Å². The summed E-state index contributed by atoms with van der Waals surface area (Å²) in [7, 11) is 1.88. The molecule has 0 bridgehead atoms. The number of ether oxygens (including phenoxy) is 1. The first-order chi connectivity index (χ1) is 20.7. The summed E-state index contributed by atoms with van der Waals surface area (Å²) in [5, 5.41) is 11.0. The lowest BCUT2D eigenvalue weighted by Crippen LogP contribution is -2.55. The second kappa shape index (κ2) is 10.9. The molecule has 6 rings (SSSR count). The van der Waals surface area contributed by atoms with Crippen molar-refractivity contribution in [1.82, 2.24) is 24.1 Å². The third kappa shape index (κ3) is 5.32. The smallest absolute Gasteiger partial charge is 0.453 e. The number of halogens is 1. The molecular formula is C29H25FN9O4+. The Kier molecular flexibility index (Phi) is 6.93. The number of nitrogens with one attached hydrogen (secondary N) is 1. The van der Waals surface area contributed by atoms with Crippen molar-refractivity contribution in [1.29, 1.82) is 0 Å². The summed E-state index contributed by atoms with van der Waals surface area (Å²) in [5.41, 5.74) is 2.39. The molecule has 1 N–H and O–H groups in total. The van der Waals surface area contributed by atoms with E-state index in [0.717, 1.165) is 38.5 Å². The molecule has 5 aromatic rings. The van der Waals surface area contributed by atoms with Crippen LogP contribution in [0.3, 0.4) is 0 Å². The van der Waals surface area contributed by atoms with Gasteiger partial charge in [-0.3, -0.25) is 4.79 Å². The summed E-state index contributed by atoms with van der Waals surface area (Å²) in [6.07, 6.45) is 8.51. The number of benzene rings is 1. The Hall–Kier alpha value is -5.79. The van der Waals surface area contributed by atoms with Gasteiger partial charge in [0.1, 0.15) is 34.6 Å². The average molecular weight is 583 g/mol. The molecule has 13 nitrogen and oxygen atoms in total. The maximum atomic E-state index is 13.5. The molecule has 0 aliphatic carbocycles. The van der Waals surface area contributed by atoms with Gasteiger partial charge in [0.25, 0.3) is 11.9 Å². The summed E-state index contributed by atoms with van der Waals surface area (Å²) < 4.78 is 24.2. The number of imidazole rings is 1. The zero-order valence-corrected chi connectivity index (χ0v) is 23.2. The van der Waals surface area contributed by atoms with Gasteiger partial charge >= 0.3 is 11.9 Å². The lowest BCUT2D eigenvalue weighted by Gasteiger charge is -2.23. The monoisotopic (exact) mass is 582 g/mol. The number of fused-ring (bicyclic) bond motifs is 1. The Morgan fingerprint density at radius 2 is 1.86 bits per heavy atom. The molecule has 1 atom stereocenters. The van der Waals surface area contributed by atoms with Gasteiger partial charge in [-0.15, -0.1) is 4.90 Å². The molecule has 1 unspecified atom stereocenters. The van der Waals surface area contributed by atoms with Crippen LogP contribution in [0, 0.1) is 5.82 Å². The zero-order valence-electron chi connectivity index (χ0n) is 23.2. The first-order valence-corrected chi connectivity index (χ1v) is 13.2. The molecular weight excluding hydrogens is 557 g/mol. The fraction of sp³-hybridized carbons (Fsp3) is 0.172. The molecule has 4 amide bonds. The van der Waals surface area contributed by atoms with Gasteiger partial charge < -0.3 is 14.6 Å². The van der Waals surface area contributed by atoms with Crippen molar-refractivity contribution in [2.24, 2.45) is 12.2 Å². The number of amides is 4. The lowest BCUT2D eigenvalue weighted by molar-refractivity contribution is -0.533. The number of azo groups is 2. The Labute approximate surface area is 243 Å². The van der Waals surface area contributed by atoms with Gasteiger partial charge in [-0.05, 0) is 62.4 Å². The molecule has 1 aromatic carbocycles. The summed E-state index contributed by atoms with van der Waals surface area (Å²) in [6.45, 7) is 3.39. The summed E-state index contributed by atoms with van der Waals surface area (Å²) >= 11 is 0. The number of imide groups is 1. The summed E-state index contributed by atoms with van der Waals surface area (Å²) in [6, 6.07) is 8.83. The Bertz CT molecular complexity index is 1900. The van der Waals surface area contributed by atoms with Gasteiger partial charge in [0, 0.05) is 25.0 Å². The number of hydrogen-bond donors (Lipinski definition) is 1. The topological polar surface area (TPSA) is 139 Å². The molecule has 4 aromatic heterocycles. The first-order valence-electron chi connectivity index (χ1n) is 13.2. The zero-order chi connectivity index (χ0) is 30.2. The largest absolute Gasteiger partial charge is 0.526 e. The normalized spacial score (nSPS) is 15.2. The van der Waals surface area contributed by atoms with E-state index in [4.69, 9.17) is 4.74 Å². The number of pyridine rings is 2. The van der Waals surface area contributed by atoms with Gasteiger partial charge in [-0.1, -0.05) is 9.81 Å². The highest BCUT2D eigenvalue weighted by molar-refractivity contribution is 6.23. The van der Waals surface area contributed by atoms with E-state index in [-0.39, 0.29) is 11.5 Å². The Morgan fingerprint density at radius 1 is 1.07 bits per heavy atom. The van der Waals surface area contributed by atoms with E-state index in [1.165, 1.54) is 24.4 Å². The number of carbonyl (C=O) groups is 3. The number of hydrogen-bond acceptors (Lipinski definition) is 8. The van der Waals surface area contributed by atoms with Crippen molar-refractivity contribution in [3.8, 4) is 22.8 Å². The van der Waals surface area contributed by atoms with Crippen LogP contribution in [-0.4, -0.2) is 58.8 Å². The van der Waals surface area contributed by atoms with Crippen LogP contribution in [0.5, 0.6) is 11.5 Å². The number of aryl methyl sites for hydroxylation is 1. The average Bonchev–Trinajstić information content (AvgIpc) is 3.64. The molecule has 0 spiro atoms. The second-order valence-electron chi connectivity index (χ2n) is 10.0. The van der Waals surface area contributed by atoms with Crippen LogP contribution in [0.1, 0.15) is 13.8 Å². The van der Waals surface area contributed by atoms with Crippen molar-refractivity contribution < 1.29 is 28.2 Å². The SMILES string of the molecule is CC(C)[N+]1=NC(C(=O)Nc2ccc(Oc3cc(-c4cn(C)cn4)cn4nccc34)cn2)C(=O)N(c2ccc(F)cc2)C1=O. The van der Waals surface area contributed by atoms with E-state index < -0.39 is 35.7 Å². The summed E-state index contributed by atoms with van der Waals surface area (Å²) in [4.78, 5) is 49.0. The number of rotatable bonds is 7. The third-order valence-electron chi connectivity index (χ3n) is 6.59. The van der Waals surface area contributed by atoms with E-state index in [9.17, 15) is 18.8 Å². The molecule has 43 heavy (non-hydrogen) atoms. The van der Waals surface area contributed by atoms with Crippen LogP contribution in [0.2, 0.25) is 0 Å². The van der Waals surface area contributed by atoms with Crippen LogP contribution < -0.4 is 15.0 Å². The molecule has 0 saturated heterocycles. The molecule has 216 valence electrons. The van der Waals surface area contributed by atoms with Gasteiger partial charge in [-0.2, -0.15) is 9.89 Å².